The summed E-state index contributed by atoms with van der Waals surface area (Å²) in [7, 11) is 0. The molecule has 2 rings (SSSR count). The van der Waals surface area contributed by atoms with Gasteiger partial charge in [0, 0.05) is 6.42 Å². The van der Waals surface area contributed by atoms with Crippen LogP contribution in [0, 0.1) is 0 Å². The van der Waals surface area contributed by atoms with Gasteiger partial charge in [-0.15, -0.1) is 0 Å². The van der Waals surface area contributed by atoms with Gasteiger partial charge in [-0.3, -0.25) is 0 Å². The Labute approximate surface area is 110 Å². The van der Waals surface area contributed by atoms with Crippen LogP contribution < -0.4 is 5.73 Å². The molecule has 0 aromatic carbocycles. The highest BCUT2D eigenvalue weighted by molar-refractivity contribution is 7.98. The van der Waals surface area contributed by atoms with Crippen LogP contribution in [-0.2, 0) is 15.9 Å². The second-order valence-electron chi connectivity index (χ2n) is 4.04. The molecule has 0 aliphatic carbocycles. The summed E-state index contributed by atoms with van der Waals surface area (Å²) < 4.78 is 11.2. The fraction of sp³-hybridized carbons (Fsp3) is 0.636. The lowest BCUT2D eigenvalue weighted by molar-refractivity contribution is -0.157. The molecule has 0 amide bonds. The highest BCUT2D eigenvalue weighted by Crippen LogP contribution is 2.33. The van der Waals surface area contributed by atoms with Crippen LogP contribution in [0.15, 0.2) is 5.16 Å². The van der Waals surface area contributed by atoms with Crippen LogP contribution in [0.4, 0.5) is 5.82 Å². The van der Waals surface area contributed by atoms with E-state index in [0.717, 1.165) is 0 Å². The lowest BCUT2D eigenvalue weighted by Gasteiger charge is -2.26. The first-order valence-corrected chi connectivity index (χ1v) is 7.00. The Morgan fingerprint density at radius 2 is 2.06 bits per heavy atom. The van der Waals surface area contributed by atoms with E-state index in [-0.39, 0.29) is 11.7 Å². The van der Waals surface area contributed by atoms with Crippen molar-refractivity contribution in [3.8, 4) is 5.88 Å². The predicted octanol–water partition coefficient (Wildman–Crippen LogP) is 1.18. The zero-order chi connectivity index (χ0) is 13.2. The monoisotopic (exact) mass is 271 g/mol. The molecule has 0 bridgehead atoms. The summed E-state index contributed by atoms with van der Waals surface area (Å²) in [4.78, 5) is 8.09. The van der Waals surface area contributed by atoms with Crippen LogP contribution in [0.5, 0.6) is 5.88 Å². The molecular weight excluding hydrogens is 254 g/mol. The van der Waals surface area contributed by atoms with Gasteiger partial charge in [0.05, 0.1) is 18.8 Å². The zero-order valence-electron chi connectivity index (χ0n) is 10.5. The molecule has 1 aliphatic rings. The Hall–Kier alpha value is -1.05. The smallest absolute Gasteiger partial charge is 0.220 e. The molecule has 7 heteroatoms. The van der Waals surface area contributed by atoms with Gasteiger partial charge in [-0.05, 0) is 12.7 Å². The Morgan fingerprint density at radius 3 is 2.56 bits per heavy atom. The molecule has 0 atom stereocenters. The van der Waals surface area contributed by atoms with Crippen molar-refractivity contribution in [2.75, 3.05) is 25.2 Å². The maximum Gasteiger partial charge on any atom is 0.220 e. The number of aromatic hydroxyl groups is 1. The first-order valence-electron chi connectivity index (χ1n) is 5.77. The zero-order valence-corrected chi connectivity index (χ0v) is 11.3. The van der Waals surface area contributed by atoms with Crippen LogP contribution in [0.1, 0.15) is 18.9 Å². The molecule has 1 aliphatic heterocycles. The van der Waals surface area contributed by atoms with Crippen LogP contribution in [0.2, 0.25) is 0 Å². The Balaban J connectivity index is 2.28. The van der Waals surface area contributed by atoms with Gasteiger partial charge in [0.15, 0.2) is 10.9 Å². The van der Waals surface area contributed by atoms with Gasteiger partial charge in [0.2, 0.25) is 5.88 Å². The number of nitrogen functional groups attached to an aromatic ring is 1. The summed E-state index contributed by atoms with van der Waals surface area (Å²) in [6.45, 7) is 3.08. The molecule has 6 nitrogen and oxygen atoms in total. The van der Waals surface area contributed by atoms with E-state index in [0.29, 0.717) is 36.8 Å². The average molecular weight is 271 g/mol. The number of nitrogens with zero attached hydrogens (tertiary/aromatic N) is 2. The molecule has 0 spiro atoms. The third-order valence-corrected chi connectivity index (χ3v) is 3.53. The van der Waals surface area contributed by atoms with Crippen LogP contribution in [0.25, 0.3) is 0 Å². The van der Waals surface area contributed by atoms with Crippen molar-refractivity contribution in [1.29, 1.82) is 0 Å². The molecule has 3 N–H and O–H groups in total. The second-order valence-corrected chi connectivity index (χ2v) is 4.81. The highest BCUT2D eigenvalue weighted by atomic mass is 32.2. The van der Waals surface area contributed by atoms with Gasteiger partial charge in [-0.1, -0.05) is 18.7 Å². The maximum atomic E-state index is 9.92. The van der Waals surface area contributed by atoms with Crippen molar-refractivity contribution >= 4 is 17.6 Å². The number of thioether (sulfide) groups is 1. The molecule has 0 radical (unpaired) electrons. The van der Waals surface area contributed by atoms with Crippen LogP contribution in [0.3, 0.4) is 0 Å². The van der Waals surface area contributed by atoms with Gasteiger partial charge in [0.25, 0.3) is 0 Å². The first-order chi connectivity index (χ1) is 8.60. The summed E-state index contributed by atoms with van der Waals surface area (Å²) in [5, 5.41) is 10.4. The number of hydrogen-bond acceptors (Lipinski definition) is 7. The normalized spacial score (nSPS) is 18.1. The number of hydrogen-bond donors (Lipinski definition) is 2. The Bertz CT molecular complexity index is 413. The summed E-state index contributed by atoms with van der Waals surface area (Å²) in [5.41, 5.74) is 6.34. The van der Waals surface area contributed by atoms with Gasteiger partial charge >= 0.3 is 0 Å². The second kappa shape index (κ2) is 5.29. The van der Waals surface area contributed by atoms with E-state index in [1.807, 2.05) is 13.2 Å². The Morgan fingerprint density at radius 1 is 1.39 bits per heavy atom. The van der Waals surface area contributed by atoms with Crippen molar-refractivity contribution < 1.29 is 14.6 Å². The Kier molecular flexibility index (Phi) is 3.94. The molecule has 100 valence electrons. The third kappa shape index (κ3) is 2.52. The molecule has 1 saturated heterocycles. The van der Waals surface area contributed by atoms with E-state index >= 15 is 0 Å². The van der Waals surface area contributed by atoms with E-state index in [1.54, 1.807) is 0 Å². The van der Waals surface area contributed by atoms with Crippen molar-refractivity contribution in [1.82, 2.24) is 9.97 Å². The van der Waals surface area contributed by atoms with Gasteiger partial charge in [-0.25, -0.2) is 4.98 Å². The quantitative estimate of drug-likeness (QED) is 0.627. The van der Waals surface area contributed by atoms with Crippen LogP contribution >= 0.6 is 11.8 Å². The minimum atomic E-state index is -0.712. The molecule has 1 aromatic rings. The molecule has 18 heavy (non-hydrogen) atoms. The lowest BCUT2D eigenvalue weighted by Crippen LogP contribution is -2.32. The molecule has 2 heterocycles. The van der Waals surface area contributed by atoms with E-state index in [2.05, 4.69) is 9.97 Å². The van der Waals surface area contributed by atoms with E-state index in [1.165, 1.54) is 11.8 Å². The number of aromatic nitrogens is 2. The topological polar surface area (TPSA) is 90.5 Å². The molecular formula is C11H17N3O3S. The van der Waals surface area contributed by atoms with E-state index < -0.39 is 5.79 Å². The molecule has 0 saturated carbocycles. The summed E-state index contributed by atoms with van der Waals surface area (Å²) >= 11 is 1.33. The fourth-order valence-electron chi connectivity index (χ4n) is 1.93. The largest absolute Gasteiger partial charge is 0.493 e. The summed E-state index contributed by atoms with van der Waals surface area (Å²) in [6.07, 6.45) is 2.86. The fourth-order valence-corrected chi connectivity index (χ4v) is 2.29. The number of rotatable bonds is 4. The van der Waals surface area contributed by atoms with Gasteiger partial charge < -0.3 is 20.3 Å². The summed E-state index contributed by atoms with van der Waals surface area (Å²) in [6, 6.07) is 0. The lowest BCUT2D eigenvalue weighted by atomic mass is 10.0. The van der Waals surface area contributed by atoms with E-state index in [4.69, 9.17) is 15.2 Å². The van der Waals surface area contributed by atoms with Crippen molar-refractivity contribution in [2.24, 2.45) is 0 Å². The minimum Gasteiger partial charge on any atom is -0.493 e. The molecule has 0 unspecified atom stereocenters. The number of ether oxygens (including phenoxy) is 2. The maximum absolute atomic E-state index is 9.92. The van der Waals surface area contributed by atoms with Crippen LogP contribution in [-0.4, -0.2) is 40.3 Å². The van der Waals surface area contributed by atoms with Gasteiger partial charge in [-0.2, -0.15) is 4.98 Å². The standard InChI is InChI=1S/C11H17N3O3S/c1-3-11(16-4-5-17-11)6-7-8(12)13-10(18-2)14-9(7)15/h3-6H2,1-2H3,(H3,12,13,14,15). The first kappa shape index (κ1) is 13.4. The molecule has 1 aromatic heterocycles. The van der Waals surface area contributed by atoms with E-state index in [9.17, 15) is 5.11 Å². The predicted molar refractivity (Wildman–Crippen MR) is 68.5 cm³/mol. The number of anilines is 1. The minimum absolute atomic E-state index is 0.0984. The van der Waals surface area contributed by atoms with Crippen molar-refractivity contribution in [2.45, 2.75) is 30.7 Å². The van der Waals surface area contributed by atoms with Crippen molar-refractivity contribution in [3.63, 3.8) is 0 Å². The summed E-state index contributed by atoms with van der Waals surface area (Å²) in [5.74, 6) is -0.534. The average Bonchev–Trinajstić information content (AvgIpc) is 2.83. The molecule has 1 fully saturated rings. The highest BCUT2D eigenvalue weighted by Gasteiger charge is 2.36. The number of nitrogens with two attached hydrogens (primary N) is 1. The SMILES string of the molecule is CCC1(Cc2c(N)nc(SC)nc2O)OCCO1. The van der Waals surface area contributed by atoms with Gasteiger partial charge in [0.1, 0.15) is 5.82 Å². The van der Waals surface area contributed by atoms with Crippen molar-refractivity contribution in [3.05, 3.63) is 5.56 Å². The third-order valence-electron chi connectivity index (χ3n) is 2.98.